The van der Waals surface area contributed by atoms with Crippen LogP contribution in [0.5, 0.6) is 0 Å². The smallest absolute Gasteiger partial charge is 0.159 e. The lowest BCUT2D eigenvalue weighted by Crippen LogP contribution is -1.94. The fourth-order valence-electron chi connectivity index (χ4n) is 1.98. The van der Waals surface area contributed by atoms with E-state index >= 15 is 0 Å². The molecule has 2 heterocycles. The second-order valence-electron chi connectivity index (χ2n) is 4.38. The number of aromatic nitrogens is 2. The normalized spacial score (nSPS) is 10.8. The van der Waals surface area contributed by atoms with Gasteiger partial charge in [-0.05, 0) is 37.3 Å². The molecule has 0 radical (unpaired) electrons. The molecule has 0 aliphatic carbocycles. The second kappa shape index (κ2) is 4.63. The van der Waals surface area contributed by atoms with Crippen molar-refractivity contribution in [3.63, 3.8) is 0 Å². The molecule has 3 aromatic rings. The fourth-order valence-corrected chi connectivity index (χ4v) is 2.24. The number of carbonyl (C=O) groups is 1. The third-order valence-corrected chi connectivity index (χ3v) is 3.54. The number of rotatable bonds is 2. The summed E-state index contributed by atoms with van der Waals surface area (Å²) < 4.78 is 2.82. The Kier molecular flexibility index (Phi) is 2.95. The Morgan fingerprint density at radius 1 is 1.16 bits per heavy atom. The summed E-state index contributed by atoms with van der Waals surface area (Å²) in [4.78, 5) is 11.4. The van der Waals surface area contributed by atoms with Crippen molar-refractivity contribution in [3.05, 3.63) is 58.7 Å². The van der Waals surface area contributed by atoms with Gasteiger partial charge in [0.1, 0.15) is 0 Å². The van der Waals surface area contributed by atoms with E-state index in [1.165, 1.54) is 0 Å². The molecular formula is C15H11BrN2O. The number of benzene rings is 1. The molecule has 0 spiro atoms. The molecule has 1 aromatic carbocycles. The molecule has 0 unspecified atom stereocenters. The molecule has 0 saturated heterocycles. The number of hydrogen-bond donors (Lipinski definition) is 0. The number of fused-ring (bicyclic) bond motifs is 1. The van der Waals surface area contributed by atoms with Crippen molar-refractivity contribution in [2.45, 2.75) is 6.92 Å². The van der Waals surface area contributed by atoms with Crippen LogP contribution in [-0.4, -0.2) is 15.4 Å². The van der Waals surface area contributed by atoms with Gasteiger partial charge in [0.05, 0.1) is 11.2 Å². The molecule has 3 rings (SSSR count). The molecular weight excluding hydrogens is 304 g/mol. The minimum Gasteiger partial charge on any atom is -0.295 e. The van der Waals surface area contributed by atoms with Gasteiger partial charge in [-0.3, -0.25) is 4.79 Å². The molecule has 0 aliphatic rings. The average molecular weight is 315 g/mol. The van der Waals surface area contributed by atoms with Gasteiger partial charge in [-0.25, -0.2) is 4.52 Å². The first kappa shape index (κ1) is 12.1. The Hall–Kier alpha value is -1.94. The van der Waals surface area contributed by atoms with Crippen LogP contribution in [0.1, 0.15) is 17.3 Å². The largest absolute Gasteiger partial charge is 0.295 e. The number of hydrogen-bond acceptors (Lipinski definition) is 2. The SMILES string of the molecule is CC(=O)c1ccn2nc(-c3ccc(Br)cc3)cc2c1. The van der Waals surface area contributed by atoms with Gasteiger partial charge in [0.25, 0.3) is 0 Å². The van der Waals surface area contributed by atoms with E-state index in [1.54, 1.807) is 17.5 Å². The van der Waals surface area contributed by atoms with Crippen LogP contribution < -0.4 is 0 Å². The Morgan fingerprint density at radius 2 is 1.89 bits per heavy atom. The summed E-state index contributed by atoms with van der Waals surface area (Å²) in [5.41, 5.74) is 3.57. The highest BCUT2D eigenvalue weighted by Crippen LogP contribution is 2.22. The minimum atomic E-state index is 0.0638. The lowest BCUT2D eigenvalue weighted by atomic mass is 10.1. The van der Waals surface area contributed by atoms with E-state index in [1.807, 2.05) is 42.6 Å². The Bertz CT molecular complexity index is 759. The van der Waals surface area contributed by atoms with Gasteiger partial charge in [-0.15, -0.1) is 0 Å². The fraction of sp³-hybridized carbons (Fsp3) is 0.0667. The van der Waals surface area contributed by atoms with Gasteiger partial charge in [0.15, 0.2) is 5.78 Å². The van der Waals surface area contributed by atoms with Crippen LogP contribution in [0.15, 0.2) is 53.1 Å². The number of Topliss-reactive ketones (excluding diaryl/α,β-unsaturated/α-hetero) is 1. The van der Waals surface area contributed by atoms with E-state index in [4.69, 9.17) is 0 Å². The number of nitrogens with zero attached hydrogens (tertiary/aromatic N) is 2. The van der Waals surface area contributed by atoms with E-state index < -0.39 is 0 Å². The quantitative estimate of drug-likeness (QED) is 0.671. The Labute approximate surface area is 119 Å². The van der Waals surface area contributed by atoms with Crippen LogP contribution in [0.25, 0.3) is 16.8 Å². The molecule has 0 saturated carbocycles. The summed E-state index contributed by atoms with van der Waals surface area (Å²) in [7, 11) is 0. The van der Waals surface area contributed by atoms with Crippen molar-refractivity contribution in [3.8, 4) is 11.3 Å². The molecule has 0 amide bonds. The molecule has 0 fully saturated rings. The molecule has 4 heteroatoms. The highest BCUT2D eigenvalue weighted by molar-refractivity contribution is 9.10. The molecule has 0 aliphatic heterocycles. The first-order valence-corrected chi connectivity index (χ1v) is 6.69. The summed E-state index contributed by atoms with van der Waals surface area (Å²) in [5.74, 6) is 0.0638. The zero-order valence-electron chi connectivity index (χ0n) is 10.3. The van der Waals surface area contributed by atoms with Crippen LogP contribution in [0.4, 0.5) is 0 Å². The second-order valence-corrected chi connectivity index (χ2v) is 5.29. The summed E-state index contributed by atoms with van der Waals surface area (Å²) >= 11 is 3.42. The maximum atomic E-state index is 11.4. The van der Waals surface area contributed by atoms with Gasteiger partial charge in [0.2, 0.25) is 0 Å². The summed E-state index contributed by atoms with van der Waals surface area (Å²) in [6, 6.07) is 13.6. The van der Waals surface area contributed by atoms with Crippen LogP contribution in [0.2, 0.25) is 0 Å². The van der Waals surface area contributed by atoms with E-state index in [0.29, 0.717) is 5.56 Å². The van der Waals surface area contributed by atoms with Crippen LogP contribution >= 0.6 is 15.9 Å². The molecule has 19 heavy (non-hydrogen) atoms. The summed E-state index contributed by atoms with van der Waals surface area (Å²) in [6.07, 6.45) is 1.81. The molecule has 3 nitrogen and oxygen atoms in total. The molecule has 0 bridgehead atoms. The summed E-state index contributed by atoms with van der Waals surface area (Å²) in [6.45, 7) is 1.57. The van der Waals surface area contributed by atoms with E-state index in [9.17, 15) is 4.79 Å². The molecule has 0 N–H and O–H groups in total. The Morgan fingerprint density at radius 3 is 2.58 bits per heavy atom. The molecule has 94 valence electrons. The van der Waals surface area contributed by atoms with E-state index in [-0.39, 0.29) is 5.78 Å². The standard InChI is InChI=1S/C15H11BrN2O/c1-10(19)12-6-7-18-14(8-12)9-15(17-18)11-2-4-13(16)5-3-11/h2-9H,1H3. The van der Waals surface area contributed by atoms with Crippen molar-refractivity contribution in [1.29, 1.82) is 0 Å². The van der Waals surface area contributed by atoms with Gasteiger partial charge in [-0.2, -0.15) is 5.10 Å². The maximum Gasteiger partial charge on any atom is 0.159 e. The van der Waals surface area contributed by atoms with Crippen molar-refractivity contribution < 1.29 is 4.79 Å². The highest BCUT2D eigenvalue weighted by atomic mass is 79.9. The highest BCUT2D eigenvalue weighted by Gasteiger charge is 2.06. The van der Waals surface area contributed by atoms with Crippen molar-refractivity contribution >= 4 is 27.2 Å². The van der Waals surface area contributed by atoms with Crippen LogP contribution in [0.3, 0.4) is 0 Å². The predicted molar refractivity (Wildman–Crippen MR) is 78.3 cm³/mol. The van der Waals surface area contributed by atoms with Gasteiger partial charge < -0.3 is 0 Å². The van der Waals surface area contributed by atoms with Gasteiger partial charge >= 0.3 is 0 Å². The number of ketones is 1. The number of carbonyl (C=O) groups excluding carboxylic acids is 1. The first-order valence-electron chi connectivity index (χ1n) is 5.90. The third kappa shape index (κ3) is 2.31. The topological polar surface area (TPSA) is 34.4 Å². The van der Waals surface area contributed by atoms with Gasteiger partial charge in [0, 0.05) is 21.8 Å². The molecule has 0 atom stereocenters. The Balaban J connectivity index is 2.11. The lowest BCUT2D eigenvalue weighted by molar-refractivity contribution is 0.101. The minimum absolute atomic E-state index is 0.0638. The predicted octanol–water partition coefficient (Wildman–Crippen LogP) is 3.97. The zero-order valence-corrected chi connectivity index (χ0v) is 11.9. The van der Waals surface area contributed by atoms with Crippen molar-refractivity contribution in [2.75, 3.05) is 0 Å². The average Bonchev–Trinajstić information content (AvgIpc) is 2.82. The van der Waals surface area contributed by atoms with Crippen molar-refractivity contribution in [2.24, 2.45) is 0 Å². The van der Waals surface area contributed by atoms with E-state index in [2.05, 4.69) is 21.0 Å². The van der Waals surface area contributed by atoms with Crippen molar-refractivity contribution in [1.82, 2.24) is 9.61 Å². The lowest BCUT2D eigenvalue weighted by Gasteiger charge is -1.96. The van der Waals surface area contributed by atoms with Gasteiger partial charge in [-0.1, -0.05) is 28.1 Å². The summed E-state index contributed by atoms with van der Waals surface area (Å²) in [5, 5.41) is 4.50. The zero-order chi connectivity index (χ0) is 13.4. The monoisotopic (exact) mass is 314 g/mol. The first-order chi connectivity index (χ1) is 9.13. The third-order valence-electron chi connectivity index (χ3n) is 3.01. The van der Waals surface area contributed by atoms with E-state index in [0.717, 1.165) is 21.2 Å². The van der Waals surface area contributed by atoms with Crippen LogP contribution in [-0.2, 0) is 0 Å². The number of pyridine rings is 1. The van der Waals surface area contributed by atoms with Crippen LogP contribution in [0, 0.1) is 0 Å². The number of halogens is 1. The molecule has 2 aromatic heterocycles. The maximum absolute atomic E-state index is 11.4.